The molecule has 0 amide bonds. The van der Waals surface area contributed by atoms with Crippen LogP contribution >= 0.6 is 0 Å². The van der Waals surface area contributed by atoms with Gasteiger partial charge in [-0.3, -0.25) is 0 Å². The number of hydrogen-bond donors (Lipinski definition) is 1. The first-order chi connectivity index (χ1) is 10.3. The SMILES string of the molecule is CN1CCOC(CNCc2ccc(N3CCCC3)cc2)C1. The van der Waals surface area contributed by atoms with Gasteiger partial charge >= 0.3 is 0 Å². The Labute approximate surface area is 128 Å². The fourth-order valence-corrected chi connectivity index (χ4v) is 3.17. The zero-order valence-corrected chi connectivity index (χ0v) is 13.1. The van der Waals surface area contributed by atoms with Crippen LogP contribution in [0.5, 0.6) is 0 Å². The van der Waals surface area contributed by atoms with Crippen LogP contribution in [0, 0.1) is 0 Å². The Morgan fingerprint density at radius 2 is 1.90 bits per heavy atom. The first-order valence-corrected chi connectivity index (χ1v) is 8.16. The molecule has 2 fully saturated rings. The predicted molar refractivity (Wildman–Crippen MR) is 86.8 cm³/mol. The van der Waals surface area contributed by atoms with Gasteiger partial charge in [-0.25, -0.2) is 0 Å². The van der Waals surface area contributed by atoms with Gasteiger partial charge in [0.05, 0.1) is 12.7 Å². The van der Waals surface area contributed by atoms with Crippen LogP contribution in [0.15, 0.2) is 24.3 Å². The summed E-state index contributed by atoms with van der Waals surface area (Å²) in [6.45, 7) is 7.21. The van der Waals surface area contributed by atoms with Crippen molar-refractivity contribution in [1.29, 1.82) is 0 Å². The highest BCUT2D eigenvalue weighted by molar-refractivity contribution is 5.48. The van der Waals surface area contributed by atoms with Gasteiger partial charge in [0.2, 0.25) is 0 Å². The van der Waals surface area contributed by atoms with Gasteiger partial charge in [-0.05, 0) is 37.6 Å². The predicted octanol–water partition coefficient (Wildman–Crippen LogP) is 1.71. The molecule has 1 aromatic rings. The maximum atomic E-state index is 5.76. The maximum Gasteiger partial charge on any atom is 0.0826 e. The topological polar surface area (TPSA) is 27.7 Å². The Hall–Kier alpha value is -1.10. The van der Waals surface area contributed by atoms with Crippen molar-refractivity contribution in [1.82, 2.24) is 10.2 Å². The number of ether oxygens (including phenoxy) is 1. The van der Waals surface area contributed by atoms with Crippen molar-refractivity contribution in [2.75, 3.05) is 51.3 Å². The Morgan fingerprint density at radius 1 is 1.14 bits per heavy atom. The molecular weight excluding hydrogens is 262 g/mol. The molecule has 0 radical (unpaired) electrons. The Kier molecular flexibility index (Phi) is 5.12. The molecule has 4 nitrogen and oxygen atoms in total. The van der Waals surface area contributed by atoms with Crippen molar-refractivity contribution in [3.8, 4) is 0 Å². The molecule has 2 aliphatic heterocycles. The van der Waals surface area contributed by atoms with E-state index in [9.17, 15) is 0 Å². The summed E-state index contributed by atoms with van der Waals surface area (Å²) < 4.78 is 5.76. The molecule has 0 aromatic heterocycles. The molecule has 0 aliphatic carbocycles. The number of hydrogen-bond acceptors (Lipinski definition) is 4. The summed E-state index contributed by atoms with van der Waals surface area (Å²) in [5, 5.41) is 3.52. The highest BCUT2D eigenvalue weighted by Gasteiger charge is 2.17. The highest BCUT2D eigenvalue weighted by Crippen LogP contribution is 2.20. The lowest BCUT2D eigenvalue weighted by Gasteiger charge is -2.30. The monoisotopic (exact) mass is 289 g/mol. The molecule has 0 bridgehead atoms. The molecule has 1 aromatic carbocycles. The maximum absolute atomic E-state index is 5.76. The average molecular weight is 289 g/mol. The lowest BCUT2D eigenvalue weighted by atomic mass is 10.2. The van der Waals surface area contributed by atoms with E-state index >= 15 is 0 Å². The molecule has 2 aliphatic rings. The Morgan fingerprint density at radius 3 is 2.62 bits per heavy atom. The van der Waals surface area contributed by atoms with Gasteiger partial charge in [0.15, 0.2) is 0 Å². The molecule has 2 heterocycles. The number of likely N-dealkylation sites (N-methyl/N-ethyl adjacent to an activating group) is 1. The number of anilines is 1. The van der Waals surface area contributed by atoms with Crippen molar-refractivity contribution in [2.45, 2.75) is 25.5 Å². The fraction of sp³-hybridized carbons (Fsp3) is 0.647. The van der Waals surface area contributed by atoms with E-state index in [1.807, 2.05) is 0 Å². The van der Waals surface area contributed by atoms with Crippen molar-refractivity contribution in [3.63, 3.8) is 0 Å². The largest absolute Gasteiger partial charge is 0.374 e. The van der Waals surface area contributed by atoms with Crippen LogP contribution in [0.3, 0.4) is 0 Å². The van der Waals surface area contributed by atoms with Gasteiger partial charge < -0.3 is 19.9 Å². The molecule has 0 saturated carbocycles. The van der Waals surface area contributed by atoms with Gasteiger partial charge in [0.25, 0.3) is 0 Å². The van der Waals surface area contributed by atoms with Crippen molar-refractivity contribution in [3.05, 3.63) is 29.8 Å². The molecule has 1 atom stereocenters. The standard InChI is InChI=1S/C17H27N3O/c1-19-10-11-21-17(14-19)13-18-12-15-4-6-16(7-5-15)20-8-2-3-9-20/h4-7,17-18H,2-3,8-14H2,1H3. The van der Waals surface area contributed by atoms with Gasteiger partial charge in [-0.15, -0.1) is 0 Å². The van der Waals surface area contributed by atoms with Crippen LogP contribution in [-0.2, 0) is 11.3 Å². The number of nitrogens with zero attached hydrogens (tertiary/aromatic N) is 2. The molecule has 4 heteroatoms. The third kappa shape index (κ3) is 4.19. The second-order valence-electron chi connectivity index (χ2n) is 6.25. The fourth-order valence-electron chi connectivity index (χ4n) is 3.17. The molecule has 116 valence electrons. The number of morpholine rings is 1. The third-order valence-corrected chi connectivity index (χ3v) is 4.45. The smallest absolute Gasteiger partial charge is 0.0826 e. The zero-order valence-electron chi connectivity index (χ0n) is 13.1. The second-order valence-corrected chi connectivity index (χ2v) is 6.25. The third-order valence-electron chi connectivity index (χ3n) is 4.45. The van der Waals surface area contributed by atoms with Crippen LogP contribution in [0.25, 0.3) is 0 Å². The van der Waals surface area contributed by atoms with Crippen LogP contribution < -0.4 is 10.2 Å². The molecule has 0 spiro atoms. The van der Waals surface area contributed by atoms with Crippen LogP contribution in [-0.4, -0.2) is 57.4 Å². The van der Waals surface area contributed by atoms with Gasteiger partial charge in [0, 0.05) is 45.0 Å². The minimum atomic E-state index is 0.327. The molecule has 1 N–H and O–H groups in total. The number of rotatable bonds is 5. The highest BCUT2D eigenvalue weighted by atomic mass is 16.5. The van der Waals surface area contributed by atoms with E-state index < -0.39 is 0 Å². The molecule has 2 saturated heterocycles. The van der Waals surface area contributed by atoms with Gasteiger partial charge in [-0.1, -0.05) is 12.1 Å². The first-order valence-electron chi connectivity index (χ1n) is 8.16. The van der Waals surface area contributed by atoms with E-state index in [0.717, 1.165) is 32.8 Å². The van der Waals surface area contributed by atoms with Crippen molar-refractivity contribution >= 4 is 5.69 Å². The summed E-state index contributed by atoms with van der Waals surface area (Å²) in [5.41, 5.74) is 2.72. The van der Waals surface area contributed by atoms with E-state index in [2.05, 4.69) is 46.4 Å². The van der Waals surface area contributed by atoms with E-state index in [1.54, 1.807) is 0 Å². The van der Waals surface area contributed by atoms with E-state index in [0.29, 0.717) is 6.10 Å². The zero-order chi connectivity index (χ0) is 14.5. The Balaban J connectivity index is 1.42. The second kappa shape index (κ2) is 7.25. The average Bonchev–Trinajstić information content (AvgIpc) is 3.02. The summed E-state index contributed by atoms with van der Waals surface area (Å²) in [4.78, 5) is 4.81. The lowest BCUT2D eigenvalue weighted by Crippen LogP contribution is -2.44. The molecule has 3 rings (SSSR count). The summed E-state index contributed by atoms with van der Waals surface area (Å²) in [6, 6.07) is 9.00. The van der Waals surface area contributed by atoms with Crippen molar-refractivity contribution < 1.29 is 4.74 Å². The molecule has 1 unspecified atom stereocenters. The van der Waals surface area contributed by atoms with E-state index in [4.69, 9.17) is 4.74 Å². The van der Waals surface area contributed by atoms with Crippen LogP contribution in [0.4, 0.5) is 5.69 Å². The first kappa shape index (κ1) is 14.8. The summed E-state index contributed by atoms with van der Waals surface area (Å²) in [7, 11) is 2.16. The van der Waals surface area contributed by atoms with Crippen LogP contribution in [0.2, 0.25) is 0 Å². The van der Waals surface area contributed by atoms with Crippen molar-refractivity contribution in [2.24, 2.45) is 0 Å². The minimum Gasteiger partial charge on any atom is -0.374 e. The summed E-state index contributed by atoms with van der Waals surface area (Å²) >= 11 is 0. The van der Waals surface area contributed by atoms with Gasteiger partial charge in [0.1, 0.15) is 0 Å². The van der Waals surface area contributed by atoms with E-state index in [-0.39, 0.29) is 0 Å². The quantitative estimate of drug-likeness (QED) is 0.893. The lowest BCUT2D eigenvalue weighted by molar-refractivity contribution is -0.0182. The van der Waals surface area contributed by atoms with Gasteiger partial charge in [-0.2, -0.15) is 0 Å². The molecular formula is C17H27N3O. The summed E-state index contributed by atoms with van der Waals surface area (Å²) in [6.07, 6.45) is 2.99. The Bertz CT molecular complexity index is 428. The normalized spacial score (nSPS) is 23.7. The van der Waals surface area contributed by atoms with E-state index in [1.165, 1.54) is 37.2 Å². The van der Waals surface area contributed by atoms with Crippen LogP contribution in [0.1, 0.15) is 18.4 Å². The summed E-state index contributed by atoms with van der Waals surface area (Å²) in [5.74, 6) is 0. The number of benzene rings is 1. The minimum absolute atomic E-state index is 0.327. The number of nitrogens with one attached hydrogen (secondary N) is 1. The molecule has 21 heavy (non-hydrogen) atoms.